The fourth-order valence-electron chi connectivity index (χ4n) is 2.17. The Morgan fingerprint density at radius 3 is 2.68 bits per heavy atom. The standard InChI is InChI=1S/C17H18N4O/c1-3-22-14-10-8-13(9-11-14)12(2)20-21-17-18-15-6-4-5-7-16(15)19-17/h4-11H,3H2,1-2H3,(H2,18,19,21)/b20-12+. The molecule has 22 heavy (non-hydrogen) atoms. The van der Waals surface area contributed by atoms with E-state index in [-0.39, 0.29) is 0 Å². The number of fused-ring (bicyclic) bond motifs is 1. The first kappa shape index (κ1) is 14.1. The van der Waals surface area contributed by atoms with E-state index in [4.69, 9.17) is 4.74 Å². The molecule has 0 saturated carbocycles. The van der Waals surface area contributed by atoms with E-state index in [2.05, 4.69) is 20.5 Å². The van der Waals surface area contributed by atoms with E-state index in [1.165, 1.54) is 0 Å². The SMILES string of the molecule is CCOc1ccc(/C(C)=N/Nc2nc3ccccc3[nH]2)cc1. The second kappa shape index (κ2) is 6.30. The summed E-state index contributed by atoms with van der Waals surface area (Å²) in [5.41, 5.74) is 6.78. The third-order valence-corrected chi connectivity index (χ3v) is 3.30. The van der Waals surface area contributed by atoms with Crippen molar-refractivity contribution < 1.29 is 4.74 Å². The van der Waals surface area contributed by atoms with Gasteiger partial charge in [0.2, 0.25) is 5.95 Å². The van der Waals surface area contributed by atoms with E-state index >= 15 is 0 Å². The molecule has 5 nitrogen and oxygen atoms in total. The molecule has 3 rings (SSSR count). The van der Waals surface area contributed by atoms with Gasteiger partial charge >= 0.3 is 0 Å². The van der Waals surface area contributed by atoms with Crippen molar-refractivity contribution in [3.63, 3.8) is 0 Å². The summed E-state index contributed by atoms with van der Waals surface area (Å²) in [6.07, 6.45) is 0. The molecule has 1 aromatic heterocycles. The zero-order valence-corrected chi connectivity index (χ0v) is 12.6. The molecular formula is C17H18N4O. The summed E-state index contributed by atoms with van der Waals surface area (Å²) >= 11 is 0. The molecule has 3 aromatic rings. The molecular weight excluding hydrogens is 276 g/mol. The Hall–Kier alpha value is -2.82. The Labute approximate surface area is 129 Å². The number of imidazole rings is 1. The van der Waals surface area contributed by atoms with E-state index < -0.39 is 0 Å². The van der Waals surface area contributed by atoms with Crippen molar-refractivity contribution in [1.29, 1.82) is 0 Å². The number of hydrazone groups is 1. The first-order valence-corrected chi connectivity index (χ1v) is 7.24. The first-order chi connectivity index (χ1) is 10.8. The Morgan fingerprint density at radius 2 is 1.95 bits per heavy atom. The molecule has 0 unspecified atom stereocenters. The molecule has 0 radical (unpaired) electrons. The number of hydrogen-bond acceptors (Lipinski definition) is 4. The monoisotopic (exact) mass is 294 g/mol. The molecule has 0 aliphatic carbocycles. The van der Waals surface area contributed by atoms with Crippen LogP contribution in [0.25, 0.3) is 11.0 Å². The lowest BCUT2D eigenvalue weighted by molar-refractivity contribution is 0.340. The van der Waals surface area contributed by atoms with Crippen LogP contribution in [-0.2, 0) is 0 Å². The number of hydrogen-bond donors (Lipinski definition) is 2. The van der Waals surface area contributed by atoms with Crippen molar-refractivity contribution in [2.24, 2.45) is 5.10 Å². The van der Waals surface area contributed by atoms with Crippen molar-refractivity contribution >= 4 is 22.7 Å². The second-order valence-corrected chi connectivity index (χ2v) is 4.87. The van der Waals surface area contributed by atoms with Crippen LogP contribution < -0.4 is 10.2 Å². The van der Waals surface area contributed by atoms with E-state index in [1.807, 2.05) is 62.4 Å². The molecule has 0 amide bonds. The predicted octanol–water partition coefficient (Wildman–Crippen LogP) is 3.80. The number of rotatable bonds is 5. The highest BCUT2D eigenvalue weighted by Crippen LogP contribution is 2.15. The van der Waals surface area contributed by atoms with E-state index in [0.717, 1.165) is 28.1 Å². The Balaban J connectivity index is 1.73. The Kier molecular flexibility index (Phi) is 4.05. The van der Waals surface area contributed by atoms with Gasteiger partial charge in [-0.15, -0.1) is 0 Å². The molecule has 0 atom stereocenters. The molecule has 2 aromatic carbocycles. The number of para-hydroxylation sites is 2. The lowest BCUT2D eigenvalue weighted by atomic mass is 10.1. The van der Waals surface area contributed by atoms with Crippen molar-refractivity contribution in [2.45, 2.75) is 13.8 Å². The topological polar surface area (TPSA) is 62.3 Å². The van der Waals surface area contributed by atoms with Gasteiger partial charge in [-0.3, -0.25) is 0 Å². The minimum Gasteiger partial charge on any atom is -0.494 e. The molecule has 5 heteroatoms. The van der Waals surface area contributed by atoms with Gasteiger partial charge in [0.05, 0.1) is 23.4 Å². The molecule has 112 valence electrons. The first-order valence-electron chi connectivity index (χ1n) is 7.24. The second-order valence-electron chi connectivity index (χ2n) is 4.87. The van der Waals surface area contributed by atoms with Crippen molar-refractivity contribution in [3.05, 3.63) is 54.1 Å². The highest BCUT2D eigenvalue weighted by atomic mass is 16.5. The van der Waals surface area contributed by atoms with Crippen LogP contribution in [0.15, 0.2) is 53.6 Å². The smallest absolute Gasteiger partial charge is 0.222 e. The van der Waals surface area contributed by atoms with Crippen LogP contribution in [0.1, 0.15) is 19.4 Å². The van der Waals surface area contributed by atoms with E-state index in [9.17, 15) is 0 Å². The lowest BCUT2D eigenvalue weighted by Crippen LogP contribution is -2.01. The third-order valence-electron chi connectivity index (χ3n) is 3.30. The summed E-state index contributed by atoms with van der Waals surface area (Å²) in [7, 11) is 0. The number of ether oxygens (including phenoxy) is 1. The number of nitrogens with zero attached hydrogens (tertiary/aromatic N) is 2. The van der Waals surface area contributed by atoms with Crippen LogP contribution in [-0.4, -0.2) is 22.3 Å². The summed E-state index contributed by atoms with van der Waals surface area (Å²) < 4.78 is 5.43. The van der Waals surface area contributed by atoms with Gasteiger partial charge in [0.25, 0.3) is 0 Å². The fraction of sp³-hybridized carbons (Fsp3) is 0.176. The maximum atomic E-state index is 5.43. The largest absolute Gasteiger partial charge is 0.494 e. The zero-order chi connectivity index (χ0) is 15.4. The summed E-state index contributed by atoms with van der Waals surface area (Å²) in [5.74, 6) is 1.50. The maximum absolute atomic E-state index is 5.43. The average Bonchev–Trinajstić information content (AvgIpc) is 2.96. The van der Waals surface area contributed by atoms with E-state index in [1.54, 1.807) is 0 Å². The fourth-order valence-corrected chi connectivity index (χ4v) is 2.17. The van der Waals surface area contributed by atoms with Gasteiger partial charge in [-0.1, -0.05) is 12.1 Å². The van der Waals surface area contributed by atoms with Crippen LogP contribution in [0.4, 0.5) is 5.95 Å². The number of aromatic nitrogens is 2. The van der Waals surface area contributed by atoms with Crippen molar-refractivity contribution in [1.82, 2.24) is 9.97 Å². The Morgan fingerprint density at radius 1 is 1.18 bits per heavy atom. The minimum atomic E-state index is 0.631. The van der Waals surface area contributed by atoms with Gasteiger partial charge < -0.3 is 9.72 Å². The minimum absolute atomic E-state index is 0.631. The molecule has 0 saturated heterocycles. The van der Waals surface area contributed by atoms with Crippen LogP contribution in [0.2, 0.25) is 0 Å². The summed E-state index contributed by atoms with van der Waals surface area (Å²) in [6.45, 7) is 4.59. The third kappa shape index (κ3) is 3.09. The molecule has 0 aliphatic heterocycles. The Bertz CT molecular complexity index is 757. The molecule has 0 aliphatic rings. The number of H-pyrrole nitrogens is 1. The van der Waals surface area contributed by atoms with Gasteiger partial charge in [0.1, 0.15) is 5.75 Å². The molecule has 2 N–H and O–H groups in total. The molecule has 0 bridgehead atoms. The van der Waals surface area contributed by atoms with Crippen LogP contribution in [0, 0.1) is 0 Å². The number of nitrogens with one attached hydrogen (secondary N) is 2. The average molecular weight is 294 g/mol. The van der Waals surface area contributed by atoms with E-state index in [0.29, 0.717) is 12.6 Å². The normalized spacial score (nSPS) is 11.6. The zero-order valence-electron chi connectivity index (χ0n) is 12.6. The maximum Gasteiger partial charge on any atom is 0.222 e. The van der Waals surface area contributed by atoms with Crippen molar-refractivity contribution in [3.8, 4) is 5.75 Å². The highest BCUT2D eigenvalue weighted by Gasteiger charge is 2.02. The summed E-state index contributed by atoms with van der Waals surface area (Å²) in [4.78, 5) is 7.60. The summed E-state index contributed by atoms with van der Waals surface area (Å²) in [6, 6.07) is 15.7. The molecule has 1 heterocycles. The van der Waals surface area contributed by atoms with Gasteiger partial charge in [0, 0.05) is 0 Å². The number of aromatic amines is 1. The predicted molar refractivity (Wildman–Crippen MR) is 89.5 cm³/mol. The van der Waals surface area contributed by atoms with Gasteiger partial charge in [-0.2, -0.15) is 5.10 Å². The van der Waals surface area contributed by atoms with Gasteiger partial charge in [-0.05, 0) is 55.8 Å². The van der Waals surface area contributed by atoms with Gasteiger partial charge in [0.15, 0.2) is 0 Å². The van der Waals surface area contributed by atoms with Gasteiger partial charge in [-0.25, -0.2) is 10.4 Å². The van der Waals surface area contributed by atoms with Crippen molar-refractivity contribution in [2.75, 3.05) is 12.0 Å². The molecule has 0 spiro atoms. The highest BCUT2D eigenvalue weighted by molar-refractivity contribution is 5.99. The summed E-state index contributed by atoms with van der Waals surface area (Å²) in [5, 5.41) is 4.37. The lowest BCUT2D eigenvalue weighted by Gasteiger charge is -2.05. The quantitative estimate of drug-likeness (QED) is 0.556. The van der Waals surface area contributed by atoms with Crippen LogP contribution in [0.5, 0.6) is 5.75 Å². The molecule has 0 fully saturated rings. The van der Waals surface area contributed by atoms with Crippen LogP contribution in [0.3, 0.4) is 0 Å². The number of anilines is 1. The van der Waals surface area contributed by atoms with Crippen LogP contribution >= 0.6 is 0 Å². The number of benzene rings is 2.